The normalized spacial score (nSPS) is 14.4. The summed E-state index contributed by atoms with van der Waals surface area (Å²) in [6.45, 7) is 2.17. The molecule has 0 radical (unpaired) electrons. The highest BCUT2D eigenvalue weighted by molar-refractivity contribution is 5.80. The van der Waals surface area contributed by atoms with Gasteiger partial charge in [0, 0.05) is 33.9 Å². The highest BCUT2D eigenvalue weighted by Crippen LogP contribution is 1.98. The van der Waals surface area contributed by atoms with Crippen molar-refractivity contribution >= 4 is 5.96 Å². The first-order valence-electron chi connectivity index (χ1n) is 4.94. The van der Waals surface area contributed by atoms with E-state index in [-0.39, 0.29) is 13.1 Å². The maximum absolute atomic E-state index is 13.1. The third kappa shape index (κ3) is 5.37. The van der Waals surface area contributed by atoms with Crippen LogP contribution in [0.3, 0.4) is 0 Å². The number of allylic oxidation sites excluding steroid dienone is 1. The Bertz CT molecular complexity index is 225. The summed E-state index contributed by atoms with van der Waals surface area (Å²) in [5.74, 6) is 0.712. The molecule has 4 nitrogen and oxygen atoms in total. The molecule has 0 saturated carbocycles. The lowest BCUT2D eigenvalue weighted by atomic mass is 10.3. The molecule has 0 aliphatic heterocycles. The monoisotopic (exact) mass is 216 g/mol. The van der Waals surface area contributed by atoms with Crippen LogP contribution in [0.4, 0.5) is 4.39 Å². The lowest BCUT2D eigenvalue weighted by molar-refractivity contribution is 0.270. The Hall–Kier alpha value is -1.10. The van der Waals surface area contributed by atoms with E-state index in [0.29, 0.717) is 5.96 Å². The summed E-state index contributed by atoms with van der Waals surface area (Å²) in [5.41, 5.74) is 5.23. The molecule has 0 aliphatic carbocycles. The molecule has 5 heteroatoms. The van der Waals surface area contributed by atoms with Gasteiger partial charge in [-0.15, -0.1) is 0 Å². The van der Waals surface area contributed by atoms with E-state index in [0.717, 1.165) is 0 Å². The van der Waals surface area contributed by atoms with Crippen LogP contribution in [-0.4, -0.2) is 56.2 Å². The van der Waals surface area contributed by atoms with Crippen molar-refractivity contribution < 1.29 is 4.39 Å². The summed E-state index contributed by atoms with van der Waals surface area (Å²) in [4.78, 5) is 7.79. The van der Waals surface area contributed by atoms with Gasteiger partial charge in [-0.25, -0.2) is 9.38 Å². The fraction of sp³-hybridized carbons (Fsp3) is 0.700. The molecule has 88 valence electrons. The second-order valence-corrected chi connectivity index (χ2v) is 3.52. The Morgan fingerprint density at radius 3 is 2.47 bits per heavy atom. The highest BCUT2D eigenvalue weighted by atomic mass is 19.1. The summed E-state index contributed by atoms with van der Waals surface area (Å²) in [6, 6.07) is 0. The van der Waals surface area contributed by atoms with Gasteiger partial charge in [-0.05, 0) is 6.92 Å². The third-order valence-electron chi connectivity index (χ3n) is 1.81. The molecule has 0 unspecified atom stereocenters. The minimum Gasteiger partial charge on any atom is -0.349 e. The van der Waals surface area contributed by atoms with Crippen molar-refractivity contribution in [3.8, 4) is 0 Å². The van der Waals surface area contributed by atoms with Crippen LogP contribution in [0.5, 0.6) is 0 Å². The maximum atomic E-state index is 13.1. The SMILES string of the molecule is C/C=C/N=C(N(C)C)N(C)C[C@@H](F)CN. The van der Waals surface area contributed by atoms with Gasteiger partial charge in [-0.1, -0.05) is 6.08 Å². The van der Waals surface area contributed by atoms with Crippen LogP contribution in [0, 0.1) is 0 Å². The van der Waals surface area contributed by atoms with Crippen molar-refractivity contribution in [2.24, 2.45) is 10.7 Å². The number of alkyl halides is 1. The molecular weight excluding hydrogens is 195 g/mol. The minimum absolute atomic E-state index is 0.0364. The van der Waals surface area contributed by atoms with Crippen LogP contribution in [0.2, 0.25) is 0 Å². The molecule has 0 bridgehead atoms. The number of nitrogens with zero attached hydrogens (tertiary/aromatic N) is 3. The van der Waals surface area contributed by atoms with E-state index in [1.54, 1.807) is 18.1 Å². The standard InChI is InChI=1S/C10H21FN4/c1-5-6-13-10(14(2)3)15(4)8-9(11)7-12/h5-6,9H,7-8,12H2,1-4H3/b6-5+,13-10?/t9-/m0/s1. The first-order chi connectivity index (χ1) is 7.02. The van der Waals surface area contributed by atoms with Crippen molar-refractivity contribution in [3.05, 3.63) is 12.3 Å². The number of halogens is 1. The summed E-state index contributed by atoms with van der Waals surface area (Å²) in [6.07, 6.45) is 2.49. The zero-order valence-electron chi connectivity index (χ0n) is 9.94. The second kappa shape index (κ2) is 7.23. The first-order valence-corrected chi connectivity index (χ1v) is 4.94. The summed E-state index contributed by atoms with van der Waals surface area (Å²) < 4.78 is 13.1. The van der Waals surface area contributed by atoms with Crippen LogP contribution in [0.25, 0.3) is 0 Å². The van der Waals surface area contributed by atoms with E-state index in [2.05, 4.69) is 4.99 Å². The van der Waals surface area contributed by atoms with E-state index in [4.69, 9.17) is 5.73 Å². The van der Waals surface area contributed by atoms with Gasteiger partial charge in [0.1, 0.15) is 6.17 Å². The fourth-order valence-electron chi connectivity index (χ4n) is 1.15. The van der Waals surface area contributed by atoms with Gasteiger partial charge in [0.15, 0.2) is 0 Å². The third-order valence-corrected chi connectivity index (χ3v) is 1.81. The van der Waals surface area contributed by atoms with Gasteiger partial charge in [0.2, 0.25) is 5.96 Å². The first kappa shape index (κ1) is 13.9. The Morgan fingerprint density at radius 2 is 2.07 bits per heavy atom. The van der Waals surface area contributed by atoms with Gasteiger partial charge in [0.25, 0.3) is 0 Å². The van der Waals surface area contributed by atoms with Gasteiger partial charge >= 0.3 is 0 Å². The van der Waals surface area contributed by atoms with Crippen LogP contribution in [-0.2, 0) is 0 Å². The van der Waals surface area contributed by atoms with Gasteiger partial charge in [0.05, 0.1) is 6.54 Å². The molecule has 0 spiro atoms. The van der Waals surface area contributed by atoms with Crippen molar-refractivity contribution in [2.75, 3.05) is 34.2 Å². The van der Waals surface area contributed by atoms with Crippen molar-refractivity contribution in [1.82, 2.24) is 9.80 Å². The zero-order chi connectivity index (χ0) is 11.8. The molecule has 0 rings (SSSR count). The van der Waals surface area contributed by atoms with Crippen LogP contribution >= 0.6 is 0 Å². The van der Waals surface area contributed by atoms with Gasteiger partial charge in [-0.3, -0.25) is 0 Å². The number of hydrogen-bond acceptors (Lipinski definition) is 2. The largest absolute Gasteiger partial charge is 0.349 e. The van der Waals surface area contributed by atoms with E-state index >= 15 is 0 Å². The number of aliphatic imine (C=N–C) groups is 1. The highest BCUT2D eigenvalue weighted by Gasteiger charge is 2.13. The number of hydrogen-bond donors (Lipinski definition) is 1. The molecule has 2 N–H and O–H groups in total. The molecule has 0 aromatic rings. The van der Waals surface area contributed by atoms with Crippen LogP contribution in [0.15, 0.2) is 17.3 Å². The summed E-state index contributed by atoms with van der Waals surface area (Å²) in [7, 11) is 5.54. The quantitative estimate of drug-likeness (QED) is 0.555. The van der Waals surface area contributed by atoms with Crippen molar-refractivity contribution in [3.63, 3.8) is 0 Å². The van der Waals surface area contributed by atoms with Gasteiger partial charge in [-0.2, -0.15) is 0 Å². The number of nitrogens with two attached hydrogens (primary N) is 1. The smallest absolute Gasteiger partial charge is 0.200 e. The Balaban J connectivity index is 4.49. The van der Waals surface area contributed by atoms with E-state index in [1.807, 2.05) is 32.0 Å². The molecule has 0 amide bonds. The Kier molecular flexibility index (Phi) is 6.70. The number of guanidine groups is 1. The molecule has 0 aromatic heterocycles. The molecule has 0 aliphatic rings. The molecule has 0 fully saturated rings. The predicted molar refractivity (Wildman–Crippen MR) is 62.5 cm³/mol. The Morgan fingerprint density at radius 1 is 1.47 bits per heavy atom. The minimum atomic E-state index is -1.02. The fourth-order valence-corrected chi connectivity index (χ4v) is 1.15. The molecular formula is C10H21FN4. The second-order valence-electron chi connectivity index (χ2n) is 3.52. The molecule has 0 heterocycles. The van der Waals surface area contributed by atoms with Crippen molar-refractivity contribution in [1.29, 1.82) is 0 Å². The molecule has 1 atom stereocenters. The summed E-state index contributed by atoms with van der Waals surface area (Å²) in [5, 5.41) is 0. The topological polar surface area (TPSA) is 44.9 Å². The van der Waals surface area contributed by atoms with Crippen molar-refractivity contribution in [2.45, 2.75) is 13.1 Å². The average molecular weight is 216 g/mol. The van der Waals surface area contributed by atoms with E-state index in [1.165, 1.54) is 0 Å². The van der Waals surface area contributed by atoms with E-state index in [9.17, 15) is 4.39 Å². The lowest BCUT2D eigenvalue weighted by Gasteiger charge is -2.26. The van der Waals surface area contributed by atoms with E-state index < -0.39 is 6.17 Å². The molecule has 15 heavy (non-hydrogen) atoms. The number of rotatable bonds is 4. The summed E-state index contributed by atoms with van der Waals surface area (Å²) >= 11 is 0. The maximum Gasteiger partial charge on any atom is 0.200 e. The zero-order valence-corrected chi connectivity index (χ0v) is 9.94. The Labute approximate surface area is 91.3 Å². The van der Waals surface area contributed by atoms with Gasteiger partial charge < -0.3 is 15.5 Å². The van der Waals surface area contributed by atoms with Crippen LogP contribution in [0.1, 0.15) is 6.92 Å². The average Bonchev–Trinajstić information content (AvgIpc) is 2.17. The predicted octanol–water partition coefficient (Wildman–Crippen LogP) is 0.666. The molecule has 0 saturated heterocycles. The van der Waals surface area contributed by atoms with Crippen LogP contribution < -0.4 is 5.73 Å². The molecule has 0 aromatic carbocycles. The lowest BCUT2D eigenvalue weighted by Crippen LogP contribution is -2.42.